The predicted molar refractivity (Wildman–Crippen MR) is 116 cm³/mol. The van der Waals surface area contributed by atoms with Crippen molar-refractivity contribution in [2.45, 2.75) is 38.8 Å². The third kappa shape index (κ3) is 5.19. The van der Waals surface area contributed by atoms with Crippen molar-refractivity contribution in [1.82, 2.24) is 4.90 Å². The molecule has 1 aliphatic heterocycles. The van der Waals surface area contributed by atoms with E-state index in [0.717, 1.165) is 17.5 Å². The molecule has 1 saturated heterocycles. The summed E-state index contributed by atoms with van der Waals surface area (Å²) in [5.41, 5.74) is 2.58. The molecule has 2 atom stereocenters. The molecule has 158 valence electrons. The van der Waals surface area contributed by atoms with E-state index in [1.54, 1.807) is 29.2 Å². The van der Waals surface area contributed by atoms with Gasteiger partial charge in [-0.3, -0.25) is 4.79 Å². The Labute approximate surface area is 178 Å². The van der Waals surface area contributed by atoms with Crippen molar-refractivity contribution in [3.05, 3.63) is 54.1 Å². The van der Waals surface area contributed by atoms with Gasteiger partial charge in [0.15, 0.2) is 16.4 Å². The third-order valence-corrected chi connectivity index (χ3v) is 7.27. The number of benzene rings is 2. The van der Waals surface area contributed by atoms with Gasteiger partial charge in [-0.05, 0) is 55.2 Å². The van der Waals surface area contributed by atoms with Crippen molar-refractivity contribution in [3.8, 4) is 22.9 Å². The Morgan fingerprint density at radius 1 is 1.17 bits per heavy atom. The first kappa shape index (κ1) is 21.8. The summed E-state index contributed by atoms with van der Waals surface area (Å²) in [6.07, 6.45) is 1.24. The summed E-state index contributed by atoms with van der Waals surface area (Å²) in [4.78, 5) is 14.5. The Balaban J connectivity index is 1.64. The van der Waals surface area contributed by atoms with Crippen LogP contribution in [0.1, 0.15) is 32.3 Å². The van der Waals surface area contributed by atoms with E-state index in [1.807, 2.05) is 38.1 Å². The standard InChI is InChI=1S/C23H26N2O4S/c1-3-17(2)25(21-12-13-30(27,28)16-21)23(26)15-29-22-10-8-20(9-11-22)19-6-4-18(14-24)5-7-19/h4-11,17,21H,3,12-13,15-16H2,1-2H3. The topological polar surface area (TPSA) is 87.5 Å². The first-order valence-electron chi connectivity index (χ1n) is 10.1. The molecule has 0 saturated carbocycles. The summed E-state index contributed by atoms with van der Waals surface area (Å²) in [5, 5.41) is 8.90. The maximum Gasteiger partial charge on any atom is 0.261 e. The van der Waals surface area contributed by atoms with Crippen LogP contribution in [-0.2, 0) is 14.6 Å². The average molecular weight is 427 g/mol. The van der Waals surface area contributed by atoms with Gasteiger partial charge in [0.1, 0.15) is 5.75 Å². The molecule has 1 fully saturated rings. The van der Waals surface area contributed by atoms with Gasteiger partial charge in [-0.25, -0.2) is 8.42 Å². The van der Waals surface area contributed by atoms with Crippen LogP contribution >= 0.6 is 0 Å². The average Bonchev–Trinajstić information content (AvgIpc) is 3.11. The van der Waals surface area contributed by atoms with E-state index in [0.29, 0.717) is 17.7 Å². The number of sulfone groups is 1. The second kappa shape index (κ2) is 9.31. The van der Waals surface area contributed by atoms with Crippen molar-refractivity contribution in [1.29, 1.82) is 5.26 Å². The molecule has 0 radical (unpaired) electrons. The van der Waals surface area contributed by atoms with Crippen molar-refractivity contribution < 1.29 is 17.9 Å². The van der Waals surface area contributed by atoms with Crippen molar-refractivity contribution in [2.75, 3.05) is 18.1 Å². The van der Waals surface area contributed by atoms with E-state index in [-0.39, 0.29) is 36.1 Å². The van der Waals surface area contributed by atoms with E-state index in [2.05, 4.69) is 6.07 Å². The molecule has 7 heteroatoms. The smallest absolute Gasteiger partial charge is 0.261 e. The van der Waals surface area contributed by atoms with Crippen LogP contribution in [0, 0.1) is 11.3 Å². The second-order valence-electron chi connectivity index (χ2n) is 7.62. The Morgan fingerprint density at radius 2 is 1.77 bits per heavy atom. The highest BCUT2D eigenvalue weighted by atomic mass is 32.2. The lowest BCUT2D eigenvalue weighted by molar-refractivity contribution is -0.137. The molecule has 1 aliphatic rings. The van der Waals surface area contributed by atoms with Crippen LogP contribution in [0.15, 0.2) is 48.5 Å². The molecule has 0 aliphatic carbocycles. The Kier molecular flexibility index (Phi) is 6.78. The molecule has 0 bridgehead atoms. The molecule has 3 rings (SSSR count). The highest BCUT2D eigenvalue weighted by molar-refractivity contribution is 7.91. The summed E-state index contributed by atoms with van der Waals surface area (Å²) in [5.74, 6) is 0.546. The van der Waals surface area contributed by atoms with Crippen LogP contribution in [0.25, 0.3) is 11.1 Å². The maximum atomic E-state index is 12.8. The summed E-state index contributed by atoms with van der Waals surface area (Å²) < 4.78 is 29.4. The monoisotopic (exact) mass is 426 g/mol. The van der Waals surface area contributed by atoms with Crippen LogP contribution in [-0.4, -0.2) is 49.4 Å². The first-order chi connectivity index (χ1) is 14.3. The zero-order chi connectivity index (χ0) is 21.7. The van der Waals surface area contributed by atoms with Crippen LogP contribution in [0.2, 0.25) is 0 Å². The molecular weight excluding hydrogens is 400 g/mol. The predicted octanol–water partition coefficient (Wildman–Crippen LogP) is 3.42. The second-order valence-corrected chi connectivity index (χ2v) is 9.85. The highest BCUT2D eigenvalue weighted by Gasteiger charge is 2.36. The zero-order valence-corrected chi connectivity index (χ0v) is 18.1. The van der Waals surface area contributed by atoms with Crippen LogP contribution < -0.4 is 4.74 Å². The molecule has 1 amide bonds. The fourth-order valence-corrected chi connectivity index (χ4v) is 5.41. The minimum absolute atomic E-state index is 0.0301. The molecule has 30 heavy (non-hydrogen) atoms. The molecule has 1 heterocycles. The molecular formula is C23H26N2O4S. The third-order valence-electron chi connectivity index (χ3n) is 5.52. The van der Waals surface area contributed by atoms with Gasteiger partial charge in [0.2, 0.25) is 0 Å². The minimum atomic E-state index is -3.07. The van der Waals surface area contributed by atoms with Crippen molar-refractivity contribution in [2.24, 2.45) is 0 Å². The van der Waals surface area contributed by atoms with Crippen LogP contribution in [0.5, 0.6) is 5.75 Å². The minimum Gasteiger partial charge on any atom is -0.484 e. The van der Waals surface area contributed by atoms with E-state index in [4.69, 9.17) is 10.00 Å². The number of nitriles is 1. The van der Waals surface area contributed by atoms with Gasteiger partial charge >= 0.3 is 0 Å². The van der Waals surface area contributed by atoms with Gasteiger partial charge in [0, 0.05) is 12.1 Å². The quantitative estimate of drug-likeness (QED) is 0.677. The number of rotatable bonds is 7. The van der Waals surface area contributed by atoms with E-state index in [1.165, 1.54) is 0 Å². The summed E-state index contributed by atoms with van der Waals surface area (Å²) >= 11 is 0. The number of carbonyl (C=O) groups excluding carboxylic acids is 1. The van der Waals surface area contributed by atoms with Gasteiger partial charge < -0.3 is 9.64 Å². The Bertz CT molecular complexity index is 1020. The fraction of sp³-hybridized carbons (Fsp3) is 0.391. The van der Waals surface area contributed by atoms with Crippen molar-refractivity contribution in [3.63, 3.8) is 0 Å². The van der Waals surface area contributed by atoms with Gasteiger partial charge in [-0.15, -0.1) is 0 Å². The van der Waals surface area contributed by atoms with Crippen LogP contribution in [0.4, 0.5) is 0 Å². The fourth-order valence-electron chi connectivity index (χ4n) is 3.70. The van der Waals surface area contributed by atoms with Gasteiger partial charge in [0.25, 0.3) is 5.91 Å². The summed E-state index contributed by atoms with van der Waals surface area (Å²) in [6, 6.07) is 16.5. The molecule has 0 spiro atoms. The normalized spacial score (nSPS) is 18.4. The molecule has 0 aromatic heterocycles. The molecule has 2 aromatic rings. The molecule has 2 aromatic carbocycles. The number of ether oxygens (including phenoxy) is 1. The number of carbonyl (C=O) groups is 1. The van der Waals surface area contributed by atoms with E-state index >= 15 is 0 Å². The van der Waals surface area contributed by atoms with Gasteiger partial charge in [-0.2, -0.15) is 5.26 Å². The number of hydrogen-bond donors (Lipinski definition) is 0. The summed E-state index contributed by atoms with van der Waals surface area (Å²) in [6.45, 7) is 3.80. The molecule has 6 nitrogen and oxygen atoms in total. The largest absolute Gasteiger partial charge is 0.484 e. The lowest BCUT2D eigenvalue weighted by Gasteiger charge is -2.33. The lowest BCUT2D eigenvalue weighted by atomic mass is 10.0. The maximum absolute atomic E-state index is 12.8. The number of amides is 1. The van der Waals surface area contributed by atoms with Gasteiger partial charge in [0.05, 0.1) is 23.1 Å². The van der Waals surface area contributed by atoms with Gasteiger partial charge in [-0.1, -0.05) is 31.2 Å². The Hall–Kier alpha value is -2.85. The first-order valence-corrected chi connectivity index (χ1v) is 11.9. The van der Waals surface area contributed by atoms with Crippen LogP contribution in [0.3, 0.4) is 0 Å². The summed E-state index contributed by atoms with van der Waals surface area (Å²) in [7, 11) is -3.07. The SMILES string of the molecule is CCC(C)N(C(=O)COc1ccc(-c2ccc(C#N)cc2)cc1)C1CCS(=O)(=O)C1. The highest BCUT2D eigenvalue weighted by Crippen LogP contribution is 2.24. The molecule has 0 N–H and O–H groups in total. The number of nitrogens with zero attached hydrogens (tertiary/aromatic N) is 2. The Morgan fingerprint density at radius 3 is 2.27 bits per heavy atom. The van der Waals surface area contributed by atoms with E-state index in [9.17, 15) is 13.2 Å². The lowest BCUT2D eigenvalue weighted by Crippen LogP contribution is -2.48. The van der Waals surface area contributed by atoms with Crippen molar-refractivity contribution >= 4 is 15.7 Å². The molecule has 2 unspecified atom stereocenters. The van der Waals surface area contributed by atoms with E-state index < -0.39 is 9.84 Å². The number of hydrogen-bond acceptors (Lipinski definition) is 5. The zero-order valence-electron chi connectivity index (χ0n) is 17.2.